The maximum absolute atomic E-state index is 6.62. The van der Waals surface area contributed by atoms with E-state index in [0.717, 1.165) is 71.8 Å². The third kappa shape index (κ3) is 7.30. The summed E-state index contributed by atoms with van der Waals surface area (Å²) in [6.45, 7) is 8.88. The Morgan fingerprint density at radius 2 is 0.867 bits per heavy atom. The summed E-state index contributed by atoms with van der Waals surface area (Å²) in [7, 11) is 0. The molecule has 2 aromatic carbocycles. The number of benzene rings is 2. The van der Waals surface area contributed by atoms with Crippen LogP contribution in [0.1, 0.15) is 75.6 Å². The van der Waals surface area contributed by atoms with Crippen molar-refractivity contribution < 1.29 is 7.58 Å². The molecule has 164 valence electrons. The molecule has 2 aromatic rings. The molecule has 0 bridgehead atoms. The SMILES string of the molecule is CCCc1cc(Br)cc(CCC)c1[O][Al]([CH3])[O]c1c(CCC)cc(Br)cc1CCC. The van der Waals surface area contributed by atoms with Crippen LogP contribution in [0, 0.1) is 0 Å². The zero-order valence-corrected chi connectivity index (χ0v) is 23.4. The Morgan fingerprint density at radius 1 is 0.600 bits per heavy atom. The van der Waals surface area contributed by atoms with Crippen LogP contribution in [0.4, 0.5) is 0 Å². The molecule has 2 nitrogen and oxygen atoms in total. The molecule has 0 aliphatic rings. The van der Waals surface area contributed by atoms with Gasteiger partial charge in [0.25, 0.3) is 0 Å². The molecule has 0 aromatic heterocycles. The van der Waals surface area contributed by atoms with Crippen molar-refractivity contribution in [1.82, 2.24) is 0 Å². The minimum absolute atomic E-state index is 1.02. The molecule has 0 amide bonds. The molecule has 0 unspecified atom stereocenters. The van der Waals surface area contributed by atoms with E-state index >= 15 is 0 Å². The topological polar surface area (TPSA) is 18.5 Å². The van der Waals surface area contributed by atoms with Gasteiger partial charge in [0.1, 0.15) is 0 Å². The van der Waals surface area contributed by atoms with Crippen molar-refractivity contribution in [3.05, 3.63) is 55.5 Å². The summed E-state index contributed by atoms with van der Waals surface area (Å²) >= 11 is 5.45. The lowest BCUT2D eigenvalue weighted by atomic mass is 10.0. The van der Waals surface area contributed by atoms with Gasteiger partial charge in [-0.2, -0.15) is 0 Å². The molecule has 0 atom stereocenters. The number of aryl methyl sites for hydroxylation is 4. The van der Waals surface area contributed by atoms with E-state index in [4.69, 9.17) is 7.58 Å². The van der Waals surface area contributed by atoms with Gasteiger partial charge in [0.15, 0.2) is 0 Å². The summed E-state index contributed by atoms with van der Waals surface area (Å²) in [5.74, 6) is 4.28. The smallest absolute Gasteiger partial charge is 0.612 e. The van der Waals surface area contributed by atoms with Crippen LogP contribution in [0.3, 0.4) is 0 Å². The average molecular weight is 554 g/mol. The molecule has 30 heavy (non-hydrogen) atoms. The van der Waals surface area contributed by atoms with Crippen molar-refractivity contribution in [1.29, 1.82) is 0 Å². The van der Waals surface area contributed by atoms with Crippen LogP contribution in [0.25, 0.3) is 0 Å². The summed E-state index contributed by atoms with van der Waals surface area (Å²) in [4.78, 5) is 0. The van der Waals surface area contributed by atoms with Crippen molar-refractivity contribution in [2.45, 2.75) is 84.8 Å². The monoisotopic (exact) mass is 552 g/mol. The molecule has 0 aliphatic heterocycles. The van der Waals surface area contributed by atoms with Crippen molar-refractivity contribution >= 4 is 46.7 Å². The molecule has 0 spiro atoms. The molecule has 0 saturated carbocycles. The Kier molecular flexibility index (Phi) is 11.3. The first-order chi connectivity index (χ1) is 14.4. The lowest BCUT2D eigenvalue weighted by molar-refractivity contribution is 0.419. The van der Waals surface area contributed by atoms with Crippen molar-refractivity contribution in [3.8, 4) is 11.5 Å². The second-order valence-corrected chi connectivity index (χ2v) is 11.3. The molecular formula is C25H35AlBr2O2. The first-order valence-electron chi connectivity index (χ1n) is 11.4. The van der Waals surface area contributed by atoms with E-state index in [2.05, 4.69) is 89.6 Å². The molecule has 0 radical (unpaired) electrons. The third-order valence-corrected chi connectivity index (χ3v) is 7.11. The predicted octanol–water partition coefficient (Wildman–Crippen LogP) is 8.60. The minimum Gasteiger partial charge on any atom is -0.612 e. The highest BCUT2D eigenvalue weighted by Crippen LogP contribution is 2.34. The van der Waals surface area contributed by atoms with E-state index in [0.29, 0.717) is 0 Å². The van der Waals surface area contributed by atoms with Gasteiger partial charge < -0.3 is 7.58 Å². The molecule has 0 aliphatic carbocycles. The summed E-state index contributed by atoms with van der Waals surface area (Å²) in [6, 6.07) is 8.85. The number of halogens is 2. The van der Waals surface area contributed by atoms with Crippen LogP contribution < -0.4 is 7.58 Å². The first kappa shape index (κ1) is 25.8. The van der Waals surface area contributed by atoms with Crippen molar-refractivity contribution in [2.24, 2.45) is 0 Å². The normalized spacial score (nSPS) is 10.9. The van der Waals surface area contributed by atoms with Crippen LogP contribution in [0.5, 0.6) is 11.5 Å². The summed E-state index contributed by atoms with van der Waals surface area (Å²) in [6.07, 6.45) is 8.49. The van der Waals surface area contributed by atoms with E-state index in [9.17, 15) is 0 Å². The van der Waals surface area contributed by atoms with Gasteiger partial charge in [0, 0.05) is 8.95 Å². The quantitative estimate of drug-likeness (QED) is 0.245. The molecule has 2 rings (SSSR count). The second kappa shape index (κ2) is 13.2. The maximum atomic E-state index is 6.62. The molecule has 0 N–H and O–H groups in total. The zero-order chi connectivity index (χ0) is 22.1. The molecule has 0 fully saturated rings. The zero-order valence-electron chi connectivity index (χ0n) is 19.1. The molecular weight excluding hydrogens is 519 g/mol. The minimum atomic E-state index is -1.93. The fourth-order valence-corrected chi connectivity index (χ4v) is 6.33. The second-order valence-electron chi connectivity index (χ2n) is 7.91. The maximum Gasteiger partial charge on any atom is 0.853 e. The van der Waals surface area contributed by atoms with Crippen LogP contribution in [-0.4, -0.2) is 14.8 Å². The van der Waals surface area contributed by atoms with Gasteiger partial charge in [-0.15, -0.1) is 0 Å². The summed E-state index contributed by atoms with van der Waals surface area (Å²) < 4.78 is 15.5. The van der Waals surface area contributed by atoms with Gasteiger partial charge in [-0.3, -0.25) is 0 Å². The van der Waals surface area contributed by atoms with Gasteiger partial charge in [0.2, 0.25) is 0 Å². The Balaban J connectivity index is 2.36. The Morgan fingerprint density at radius 3 is 1.10 bits per heavy atom. The van der Waals surface area contributed by atoms with Crippen LogP contribution >= 0.6 is 31.9 Å². The summed E-state index contributed by atoms with van der Waals surface area (Å²) in [5.41, 5.74) is 5.15. The number of hydrogen-bond acceptors (Lipinski definition) is 2. The predicted molar refractivity (Wildman–Crippen MR) is 137 cm³/mol. The van der Waals surface area contributed by atoms with E-state index in [1.165, 1.54) is 22.3 Å². The number of rotatable bonds is 12. The average Bonchev–Trinajstić information content (AvgIpc) is 2.68. The summed E-state index contributed by atoms with van der Waals surface area (Å²) in [5, 5.41) is 0. The van der Waals surface area contributed by atoms with Gasteiger partial charge in [-0.05, 0) is 78.0 Å². The highest BCUT2D eigenvalue weighted by atomic mass is 79.9. The van der Waals surface area contributed by atoms with E-state index in [1.807, 2.05) is 0 Å². The van der Waals surface area contributed by atoms with Crippen LogP contribution in [0.15, 0.2) is 33.2 Å². The fraction of sp³-hybridized carbons (Fsp3) is 0.520. The van der Waals surface area contributed by atoms with Gasteiger partial charge in [-0.1, -0.05) is 85.2 Å². The highest BCUT2D eigenvalue weighted by Gasteiger charge is 2.29. The Bertz CT molecular complexity index is 701. The fourth-order valence-electron chi connectivity index (χ4n) is 3.90. The lowest BCUT2D eigenvalue weighted by Crippen LogP contribution is -2.28. The molecule has 0 saturated heterocycles. The Labute approximate surface area is 205 Å². The van der Waals surface area contributed by atoms with Crippen LogP contribution in [-0.2, 0) is 25.7 Å². The van der Waals surface area contributed by atoms with Crippen molar-refractivity contribution in [3.63, 3.8) is 0 Å². The van der Waals surface area contributed by atoms with Gasteiger partial charge in [-0.25, -0.2) is 0 Å². The number of hydrogen-bond donors (Lipinski definition) is 0. The molecule has 5 heteroatoms. The first-order valence-corrected chi connectivity index (χ1v) is 15.1. The third-order valence-electron chi connectivity index (χ3n) is 5.06. The lowest BCUT2D eigenvalue weighted by Gasteiger charge is -2.23. The van der Waals surface area contributed by atoms with Gasteiger partial charge >= 0.3 is 14.8 Å². The van der Waals surface area contributed by atoms with E-state index < -0.39 is 14.8 Å². The highest BCUT2D eigenvalue weighted by molar-refractivity contribution is 9.10. The van der Waals surface area contributed by atoms with E-state index in [1.54, 1.807) is 0 Å². The standard InChI is InChI=1S/2C12H17BrO.CH3.Al/c2*1-3-5-9-7-11(13)8-10(6-4-2)12(9)14;;/h2*7-8,14H,3-6H2,1-2H3;1H3;/q;;;+2/p-2. The van der Waals surface area contributed by atoms with Crippen LogP contribution in [0.2, 0.25) is 5.79 Å². The molecule has 0 heterocycles. The Hall–Kier alpha value is -0.468. The van der Waals surface area contributed by atoms with E-state index in [-0.39, 0.29) is 0 Å². The largest absolute Gasteiger partial charge is 0.853 e. The van der Waals surface area contributed by atoms with Crippen molar-refractivity contribution in [2.75, 3.05) is 0 Å². The van der Waals surface area contributed by atoms with Gasteiger partial charge in [0.05, 0.1) is 11.5 Å².